The summed E-state index contributed by atoms with van der Waals surface area (Å²) in [4.78, 5) is 24.6. The molecule has 2 aromatic heterocycles. The Balaban J connectivity index is 1.73. The van der Waals surface area contributed by atoms with Crippen LogP contribution in [-0.4, -0.2) is 43.5 Å². The minimum Gasteiger partial charge on any atom is -0.477 e. The van der Waals surface area contributed by atoms with Crippen molar-refractivity contribution in [3.63, 3.8) is 0 Å². The van der Waals surface area contributed by atoms with Crippen molar-refractivity contribution < 1.29 is 19.4 Å². The second-order valence-corrected chi connectivity index (χ2v) is 10.0. The van der Waals surface area contributed by atoms with Crippen molar-refractivity contribution >= 4 is 41.4 Å². The van der Waals surface area contributed by atoms with Crippen LogP contribution in [0.4, 0.5) is 0 Å². The summed E-state index contributed by atoms with van der Waals surface area (Å²) < 4.78 is 8.79. The number of carbonyl (C=O) groups is 2. The summed E-state index contributed by atoms with van der Waals surface area (Å²) in [6, 6.07) is 14.6. The van der Waals surface area contributed by atoms with E-state index in [4.69, 9.17) is 16.3 Å². The molecule has 2 aromatic carbocycles. The van der Waals surface area contributed by atoms with E-state index >= 15 is 0 Å². The molecule has 0 aliphatic rings. The van der Waals surface area contributed by atoms with Gasteiger partial charge in [0.2, 0.25) is 0 Å². The smallest absolute Gasteiger partial charge is 0.342 e. The Hall–Kier alpha value is -3.82. The van der Waals surface area contributed by atoms with E-state index in [-0.39, 0.29) is 4.91 Å². The maximum Gasteiger partial charge on any atom is 0.342 e. The molecule has 8 nitrogen and oxygen atoms in total. The number of thioether (sulfide) groups is 1. The van der Waals surface area contributed by atoms with E-state index in [0.717, 1.165) is 45.5 Å². The number of carboxylic acid groups (broad SMARTS) is 1. The molecule has 4 aromatic rings. The summed E-state index contributed by atoms with van der Waals surface area (Å²) in [5.74, 6) is -0.840. The third kappa shape index (κ3) is 5.25. The molecule has 0 unspecified atom stereocenters. The van der Waals surface area contributed by atoms with Gasteiger partial charge in [-0.2, -0.15) is 0 Å². The molecule has 0 aliphatic heterocycles. The van der Waals surface area contributed by atoms with Gasteiger partial charge in [-0.05, 0) is 99.1 Å². The first-order valence-electron chi connectivity index (χ1n) is 11.9. The Kier molecular flexibility index (Phi) is 8.08. The number of hydrogen-bond donors (Lipinski definition) is 1. The summed E-state index contributed by atoms with van der Waals surface area (Å²) in [6.45, 7) is 8.24. The maximum absolute atomic E-state index is 12.3. The van der Waals surface area contributed by atoms with Crippen molar-refractivity contribution in [2.24, 2.45) is 0 Å². The highest BCUT2D eigenvalue weighted by atomic mass is 35.5. The highest BCUT2D eigenvalue weighted by molar-refractivity contribution is 8.04. The van der Waals surface area contributed by atoms with Gasteiger partial charge in [0.1, 0.15) is 4.91 Å². The van der Waals surface area contributed by atoms with Crippen LogP contribution in [0.1, 0.15) is 39.8 Å². The number of hydrogen-bond acceptors (Lipinski definition) is 6. The number of carbonyl (C=O) groups excluding carboxylic acids is 1. The molecule has 0 saturated heterocycles. The fourth-order valence-electron chi connectivity index (χ4n) is 4.34. The van der Waals surface area contributed by atoms with E-state index < -0.39 is 11.9 Å². The van der Waals surface area contributed by atoms with Crippen molar-refractivity contribution in [3.05, 3.63) is 86.5 Å². The van der Waals surface area contributed by atoms with E-state index in [1.165, 1.54) is 7.11 Å². The number of benzene rings is 2. The predicted octanol–water partition coefficient (Wildman–Crippen LogP) is 6.34. The van der Waals surface area contributed by atoms with E-state index in [9.17, 15) is 14.7 Å². The zero-order chi connectivity index (χ0) is 27.6. The van der Waals surface area contributed by atoms with Crippen LogP contribution in [0.25, 0.3) is 23.2 Å². The fourth-order valence-corrected chi connectivity index (χ4v) is 5.34. The number of aromatic nitrogens is 4. The lowest BCUT2D eigenvalue weighted by Crippen LogP contribution is -2.08. The molecule has 0 saturated carbocycles. The number of aliphatic carboxylic acids is 1. The molecule has 38 heavy (non-hydrogen) atoms. The number of aryl methyl sites for hydroxylation is 1. The summed E-state index contributed by atoms with van der Waals surface area (Å²) in [7, 11) is 1.35. The van der Waals surface area contributed by atoms with Gasteiger partial charge in [-0.3, -0.25) is 0 Å². The van der Waals surface area contributed by atoms with Gasteiger partial charge in [-0.25, -0.2) is 9.59 Å². The molecule has 0 atom stereocenters. The predicted molar refractivity (Wildman–Crippen MR) is 149 cm³/mol. The van der Waals surface area contributed by atoms with Gasteiger partial charge in [-0.1, -0.05) is 17.7 Å². The van der Waals surface area contributed by atoms with Crippen molar-refractivity contribution in [3.8, 4) is 17.1 Å². The Morgan fingerprint density at radius 3 is 2.45 bits per heavy atom. The van der Waals surface area contributed by atoms with Gasteiger partial charge in [-0.15, -0.1) is 10.2 Å². The lowest BCUT2D eigenvalue weighted by atomic mass is 10.1. The number of carboxylic acids is 1. The SMILES string of the molecule is CCn1c(S/C(=C/c2cc(C)n(-c3cccc(C(=O)OC)c3C)c2C)C(=O)O)nnc1-c1ccc(Cl)cc1. The monoisotopic (exact) mass is 550 g/mol. The molecule has 0 bridgehead atoms. The number of nitrogens with zero attached hydrogens (tertiary/aromatic N) is 4. The summed E-state index contributed by atoms with van der Waals surface area (Å²) in [5.41, 5.74) is 5.40. The van der Waals surface area contributed by atoms with Crippen LogP contribution in [0.3, 0.4) is 0 Å². The molecule has 0 fully saturated rings. The molecule has 196 valence electrons. The van der Waals surface area contributed by atoms with Gasteiger partial charge >= 0.3 is 11.9 Å². The van der Waals surface area contributed by atoms with Crippen LogP contribution in [0, 0.1) is 20.8 Å². The molecule has 1 N–H and O–H groups in total. The fraction of sp³-hybridized carbons (Fsp3) is 0.214. The van der Waals surface area contributed by atoms with Gasteiger partial charge < -0.3 is 19.0 Å². The third-order valence-electron chi connectivity index (χ3n) is 6.26. The van der Waals surface area contributed by atoms with Crippen molar-refractivity contribution in [1.29, 1.82) is 0 Å². The van der Waals surface area contributed by atoms with Crippen molar-refractivity contribution in [2.45, 2.75) is 39.4 Å². The number of ether oxygens (including phenoxy) is 1. The standard InChI is InChI=1S/C28H27ClN4O4S/c1-6-32-25(19-10-12-21(29)13-11-19)30-31-28(32)38-24(26(34)35)15-20-14-16(2)33(18(20)4)23-9-7-8-22(17(23)3)27(36)37-5/h7-15H,6H2,1-5H3,(H,34,35)/b24-15+. The molecule has 0 amide bonds. The molecule has 2 heterocycles. The first-order valence-corrected chi connectivity index (χ1v) is 13.0. The summed E-state index contributed by atoms with van der Waals surface area (Å²) >= 11 is 7.07. The molecule has 0 radical (unpaired) electrons. The normalized spacial score (nSPS) is 11.6. The van der Waals surface area contributed by atoms with Gasteiger partial charge in [0.05, 0.1) is 12.7 Å². The van der Waals surface area contributed by atoms with Gasteiger partial charge in [0.15, 0.2) is 11.0 Å². The topological polar surface area (TPSA) is 99.2 Å². The minimum absolute atomic E-state index is 0.107. The average Bonchev–Trinajstić information content (AvgIpc) is 3.43. The number of rotatable bonds is 8. The van der Waals surface area contributed by atoms with Crippen LogP contribution in [0.15, 0.2) is 58.6 Å². The van der Waals surface area contributed by atoms with Crippen molar-refractivity contribution in [2.75, 3.05) is 7.11 Å². The van der Waals surface area contributed by atoms with E-state index in [1.807, 2.05) is 61.1 Å². The first-order chi connectivity index (χ1) is 18.2. The van der Waals surface area contributed by atoms with Gasteiger partial charge in [0.25, 0.3) is 0 Å². The zero-order valence-electron chi connectivity index (χ0n) is 21.7. The van der Waals surface area contributed by atoms with Crippen LogP contribution >= 0.6 is 23.4 Å². The molecular weight excluding hydrogens is 524 g/mol. The Labute approximate surface area is 229 Å². The Morgan fingerprint density at radius 1 is 1.11 bits per heavy atom. The van der Waals surface area contributed by atoms with Gasteiger partial charge in [0, 0.05) is 34.2 Å². The van der Waals surface area contributed by atoms with Crippen LogP contribution in [0.5, 0.6) is 0 Å². The maximum atomic E-state index is 12.3. The highest BCUT2D eigenvalue weighted by Gasteiger charge is 2.21. The van der Waals surface area contributed by atoms with Crippen LogP contribution in [0.2, 0.25) is 5.02 Å². The number of halogens is 1. The summed E-state index contributed by atoms with van der Waals surface area (Å²) in [6.07, 6.45) is 1.64. The van der Waals surface area contributed by atoms with E-state index in [1.54, 1.807) is 30.3 Å². The quantitative estimate of drug-likeness (QED) is 0.155. The lowest BCUT2D eigenvalue weighted by molar-refractivity contribution is -0.131. The zero-order valence-corrected chi connectivity index (χ0v) is 23.2. The second-order valence-electron chi connectivity index (χ2n) is 8.58. The minimum atomic E-state index is -1.07. The molecule has 4 rings (SSSR count). The Bertz CT molecular complexity index is 1550. The second kappa shape index (κ2) is 11.3. The Morgan fingerprint density at radius 2 is 1.82 bits per heavy atom. The molecule has 0 spiro atoms. The average molecular weight is 551 g/mol. The molecule has 10 heteroatoms. The highest BCUT2D eigenvalue weighted by Crippen LogP contribution is 2.33. The molecular formula is C28H27ClN4O4S. The van der Waals surface area contributed by atoms with Crippen molar-refractivity contribution in [1.82, 2.24) is 19.3 Å². The number of esters is 1. The molecule has 0 aliphatic carbocycles. The van der Waals surface area contributed by atoms with E-state index in [2.05, 4.69) is 10.2 Å². The first kappa shape index (κ1) is 27.2. The number of methoxy groups -OCH3 is 1. The summed E-state index contributed by atoms with van der Waals surface area (Å²) in [5, 5.41) is 19.7. The third-order valence-corrected chi connectivity index (χ3v) is 7.50. The van der Waals surface area contributed by atoms with E-state index in [0.29, 0.717) is 28.1 Å². The van der Waals surface area contributed by atoms with Crippen LogP contribution < -0.4 is 0 Å². The lowest BCUT2D eigenvalue weighted by Gasteiger charge is -2.15. The largest absolute Gasteiger partial charge is 0.477 e. The van der Waals surface area contributed by atoms with Crippen LogP contribution in [-0.2, 0) is 16.1 Å².